The Bertz CT molecular complexity index is 1120. The van der Waals surface area contributed by atoms with Gasteiger partial charge in [-0.2, -0.15) is 31.3 Å². The van der Waals surface area contributed by atoms with Gasteiger partial charge < -0.3 is 16.2 Å². The van der Waals surface area contributed by atoms with Gasteiger partial charge in [-0.05, 0) is 61.1 Å². The van der Waals surface area contributed by atoms with Crippen LogP contribution >= 0.6 is 0 Å². The van der Waals surface area contributed by atoms with Crippen LogP contribution in [-0.4, -0.2) is 24.9 Å². The monoisotopic (exact) mass is 547 g/mol. The number of alkyl halides is 6. The van der Waals surface area contributed by atoms with Crippen LogP contribution in [0, 0.1) is 0 Å². The molecule has 2 rings (SSSR count). The molecule has 0 saturated heterocycles. The van der Waals surface area contributed by atoms with E-state index in [1.165, 1.54) is 12.1 Å². The molecule has 0 heterocycles. The summed E-state index contributed by atoms with van der Waals surface area (Å²) in [5, 5.41) is 0. The number of unbranched alkanes of at least 4 members (excludes halogenated alkanes) is 2. The fraction of sp³-hybridized carbons (Fsp3) is 0.423. The van der Waals surface area contributed by atoms with E-state index in [1.54, 1.807) is 0 Å². The number of hydrogen-bond donors (Lipinski definition) is 2. The first-order valence-electron chi connectivity index (χ1n) is 11.8. The van der Waals surface area contributed by atoms with Gasteiger partial charge in [-0.3, -0.25) is 4.79 Å². The van der Waals surface area contributed by atoms with E-state index in [4.69, 9.17) is 11.5 Å². The van der Waals surface area contributed by atoms with Gasteiger partial charge in [0, 0.05) is 5.56 Å². The molecule has 2 aromatic carbocycles. The number of nitrogens with two attached hydrogens (primary N) is 2. The van der Waals surface area contributed by atoms with Gasteiger partial charge in [0.25, 0.3) is 5.91 Å². The summed E-state index contributed by atoms with van der Waals surface area (Å²) >= 11 is 0. The normalized spacial score (nSPS) is 11.3. The van der Waals surface area contributed by atoms with Gasteiger partial charge in [-0.15, -0.1) is 0 Å². The number of nitrogens with zero attached hydrogens (tertiary/aromatic N) is 1. The fourth-order valence-electron chi connectivity index (χ4n) is 3.35. The van der Waals surface area contributed by atoms with E-state index >= 15 is 0 Å². The molecule has 0 aliphatic carbocycles. The maximum atomic E-state index is 12.7. The fourth-order valence-corrected chi connectivity index (χ4v) is 3.35. The molecule has 4 N–H and O–H groups in total. The minimum Gasteiger partial charge on any atom is -0.465 e. The zero-order valence-corrected chi connectivity index (χ0v) is 21.3. The maximum absolute atomic E-state index is 12.7. The zero-order chi connectivity index (χ0) is 29.1. The summed E-state index contributed by atoms with van der Waals surface area (Å²) in [6.45, 7) is 3.92. The molecule has 2 aromatic rings. The first-order valence-corrected chi connectivity index (χ1v) is 11.8. The number of aliphatic imine (C=N–C) groups is 1. The number of rotatable bonds is 8. The number of aryl methyl sites for hydroxylation is 2. The van der Waals surface area contributed by atoms with E-state index in [2.05, 4.69) is 9.73 Å². The highest BCUT2D eigenvalue weighted by atomic mass is 19.4. The molecule has 0 fully saturated rings. The van der Waals surface area contributed by atoms with Gasteiger partial charge >= 0.3 is 18.3 Å². The van der Waals surface area contributed by atoms with Gasteiger partial charge in [-0.25, -0.2) is 4.79 Å². The van der Waals surface area contributed by atoms with Crippen molar-refractivity contribution in [2.24, 2.45) is 16.5 Å². The van der Waals surface area contributed by atoms with Crippen molar-refractivity contribution in [1.29, 1.82) is 0 Å². The van der Waals surface area contributed by atoms with Crippen LogP contribution in [-0.2, 0) is 29.9 Å². The third kappa shape index (κ3) is 10.1. The van der Waals surface area contributed by atoms with Crippen LogP contribution in [0.4, 0.5) is 26.3 Å². The van der Waals surface area contributed by atoms with E-state index in [9.17, 15) is 35.9 Å². The molecule has 12 heteroatoms. The van der Waals surface area contributed by atoms with Crippen molar-refractivity contribution < 1.29 is 40.7 Å². The van der Waals surface area contributed by atoms with E-state index in [-0.39, 0.29) is 11.1 Å². The second-order valence-electron chi connectivity index (χ2n) is 8.28. The summed E-state index contributed by atoms with van der Waals surface area (Å²) in [5.41, 5.74) is 9.45. The maximum Gasteiger partial charge on any atom is 0.416 e. The third-order valence-corrected chi connectivity index (χ3v) is 5.34. The smallest absolute Gasteiger partial charge is 0.416 e. The van der Waals surface area contributed by atoms with Crippen molar-refractivity contribution in [3.63, 3.8) is 0 Å². The van der Waals surface area contributed by atoms with Crippen molar-refractivity contribution >= 4 is 17.8 Å². The standard InChI is InChI=1S/C13H16F3N3O.C13H15F3O2/c1-2-3-4-8-5-6-9(13(14,15)16)7-10(8)11(20)19-12(17)18;1-3-4-5-9-6-7-10(13(14,15)16)8-11(9)12(17)18-2/h5-7H,2-4H2,1H3,(H4,17,18,19,20);6-8H,3-5H2,1-2H3. The lowest BCUT2D eigenvalue weighted by molar-refractivity contribution is -0.138. The van der Waals surface area contributed by atoms with Crippen molar-refractivity contribution in [2.75, 3.05) is 7.11 Å². The molecule has 1 amide bonds. The van der Waals surface area contributed by atoms with Crippen molar-refractivity contribution in [1.82, 2.24) is 0 Å². The minimum atomic E-state index is -4.52. The predicted octanol–water partition coefficient (Wildman–Crippen LogP) is 6.30. The summed E-state index contributed by atoms with van der Waals surface area (Å²) in [6, 6.07) is 6.25. The molecule has 0 aliphatic heterocycles. The lowest BCUT2D eigenvalue weighted by atomic mass is 9.98. The first kappa shape index (κ1) is 32.5. The number of ether oxygens (including phenoxy) is 1. The quantitative estimate of drug-likeness (QED) is 0.175. The van der Waals surface area contributed by atoms with Crippen molar-refractivity contribution in [2.45, 2.75) is 64.7 Å². The van der Waals surface area contributed by atoms with Crippen LogP contribution < -0.4 is 11.5 Å². The van der Waals surface area contributed by atoms with E-state index < -0.39 is 41.3 Å². The second-order valence-corrected chi connectivity index (χ2v) is 8.28. The summed E-state index contributed by atoms with van der Waals surface area (Å²) in [6.07, 6.45) is -4.57. The molecule has 0 aliphatic rings. The SMILES string of the molecule is CCCCc1ccc(C(F)(F)F)cc1C(=O)N=C(N)N.CCCCc1ccc(C(F)(F)F)cc1C(=O)OC. The van der Waals surface area contributed by atoms with Crippen LogP contribution in [0.1, 0.15) is 82.5 Å². The van der Waals surface area contributed by atoms with Gasteiger partial charge in [0.1, 0.15) is 0 Å². The Morgan fingerprint density at radius 2 is 1.21 bits per heavy atom. The minimum absolute atomic E-state index is 0.000718. The number of methoxy groups -OCH3 is 1. The van der Waals surface area contributed by atoms with Crippen LogP contribution in [0.25, 0.3) is 0 Å². The topological polar surface area (TPSA) is 108 Å². The lowest BCUT2D eigenvalue weighted by Gasteiger charge is -2.12. The highest BCUT2D eigenvalue weighted by Crippen LogP contribution is 2.32. The van der Waals surface area contributed by atoms with Gasteiger partial charge in [0.05, 0.1) is 23.8 Å². The number of benzene rings is 2. The molecule has 0 radical (unpaired) electrons. The van der Waals surface area contributed by atoms with Gasteiger partial charge in [-0.1, -0.05) is 38.8 Å². The van der Waals surface area contributed by atoms with Crippen molar-refractivity contribution in [3.8, 4) is 0 Å². The number of esters is 1. The Hall–Kier alpha value is -3.57. The van der Waals surface area contributed by atoms with Gasteiger partial charge in [0.15, 0.2) is 5.96 Å². The molecule has 6 nitrogen and oxygen atoms in total. The number of carbonyl (C=O) groups excluding carboxylic acids is 2. The number of halogens is 6. The molecule has 0 aromatic heterocycles. The summed E-state index contributed by atoms with van der Waals surface area (Å²) < 4.78 is 80.3. The van der Waals surface area contributed by atoms with E-state index in [0.717, 1.165) is 57.1 Å². The summed E-state index contributed by atoms with van der Waals surface area (Å²) in [5.74, 6) is -2.07. The zero-order valence-electron chi connectivity index (χ0n) is 21.3. The molecule has 0 atom stereocenters. The Kier molecular flexibility index (Phi) is 12.3. The van der Waals surface area contributed by atoms with E-state index in [0.29, 0.717) is 24.0 Å². The Morgan fingerprint density at radius 3 is 1.58 bits per heavy atom. The largest absolute Gasteiger partial charge is 0.465 e. The number of hydrogen-bond acceptors (Lipinski definition) is 3. The Morgan fingerprint density at radius 1 is 0.789 bits per heavy atom. The Labute approximate surface area is 217 Å². The first-order chi connectivity index (χ1) is 17.6. The highest BCUT2D eigenvalue weighted by molar-refractivity contribution is 6.03. The molecule has 0 bridgehead atoms. The lowest BCUT2D eigenvalue weighted by Crippen LogP contribution is -2.24. The summed E-state index contributed by atoms with van der Waals surface area (Å²) in [4.78, 5) is 26.6. The van der Waals surface area contributed by atoms with Gasteiger partial charge in [0.2, 0.25) is 0 Å². The molecule has 210 valence electrons. The van der Waals surface area contributed by atoms with Crippen LogP contribution in [0.5, 0.6) is 0 Å². The molecular weight excluding hydrogens is 516 g/mol. The molecule has 0 spiro atoms. The van der Waals surface area contributed by atoms with Crippen molar-refractivity contribution in [3.05, 3.63) is 69.8 Å². The Balaban J connectivity index is 0.000000382. The third-order valence-electron chi connectivity index (χ3n) is 5.34. The molecular formula is C26H31F6N3O3. The highest BCUT2D eigenvalue weighted by Gasteiger charge is 2.32. The molecule has 38 heavy (non-hydrogen) atoms. The number of guanidine groups is 1. The number of amides is 1. The molecule has 0 saturated carbocycles. The summed E-state index contributed by atoms with van der Waals surface area (Å²) in [7, 11) is 1.16. The van der Waals surface area contributed by atoms with Crippen LogP contribution in [0.2, 0.25) is 0 Å². The predicted molar refractivity (Wildman–Crippen MR) is 132 cm³/mol. The molecule has 0 unspecified atom stereocenters. The van der Waals surface area contributed by atoms with E-state index in [1.807, 2.05) is 13.8 Å². The average Bonchev–Trinajstić information content (AvgIpc) is 2.84. The van der Waals surface area contributed by atoms with Crippen LogP contribution in [0.3, 0.4) is 0 Å². The van der Waals surface area contributed by atoms with Crippen LogP contribution in [0.15, 0.2) is 41.4 Å². The second kappa shape index (κ2) is 14.4. The average molecular weight is 548 g/mol. The number of carbonyl (C=O) groups is 2.